The monoisotopic (exact) mass is 213 g/mol. The fraction of sp³-hybridized carbons (Fsp3) is 0.917. The predicted molar refractivity (Wildman–Crippen MR) is 60.7 cm³/mol. The molecule has 1 fully saturated rings. The first-order chi connectivity index (χ1) is 6.97. The van der Waals surface area contributed by atoms with Gasteiger partial charge in [-0.15, -0.1) is 0 Å². The molecule has 1 saturated heterocycles. The first-order valence-electron chi connectivity index (χ1n) is 5.80. The molecule has 0 saturated carbocycles. The maximum Gasteiger partial charge on any atom is 0.312 e. The molecule has 1 aliphatic heterocycles. The third-order valence-electron chi connectivity index (χ3n) is 3.28. The number of ether oxygens (including phenoxy) is 1. The van der Waals surface area contributed by atoms with E-state index in [-0.39, 0.29) is 11.4 Å². The second kappa shape index (κ2) is 4.97. The zero-order valence-corrected chi connectivity index (χ0v) is 10.4. The van der Waals surface area contributed by atoms with Crippen molar-refractivity contribution in [3.8, 4) is 0 Å². The lowest BCUT2D eigenvalue weighted by Gasteiger charge is -2.37. The van der Waals surface area contributed by atoms with Gasteiger partial charge in [0.1, 0.15) is 0 Å². The van der Waals surface area contributed by atoms with E-state index in [1.807, 2.05) is 13.8 Å². The van der Waals surface area contributed by atoms with Gasteiger partial charge in [0, 0.05) is 12.6 Å². The highest BCUT2D eigenvalue weighted by Gasteiger charge is 2.33. The van der Waals surface area contributed by atoms with Crippen LogP contribution in [0.4, 0.5) is 0 Å². The smallest absolute Gasteiger partial charge is 0.312 e. The summed E-state index contributed by atoms with van der Waals surface area (Å²) in [6, 6.07) is 0.600. The Bertz CT molecular complexity index is 226. The van der Waals surface area contributed by atoms with Crippen molar-refractivity contribution in [1.29, 1.82) is 0 Å². The van der Waals surface area contributed by atoms with Gasteiger partial charge in [0.15, 0.2) is 0 Å². The van der Waals surface area contributed by atoms with Crippen LogP contribution in [0.1, 0.15) is 40.0 Å². The molecule has 0 aliphatic carbocycles. The van der Waals surface area contributed by atoms with Gasteiger partial charge in [0.05, 0.1) is 12.5 Å². The number of piperidine rings is 1. The van der Waals surface area contributed by atoms with Crippen molar-refractivity contribution in [2.24, 2.45) is 5.41 Å². The van der Waals surface area contributed by atoms with Gasteiger partial charge in [0.2, 0.25) is 0 Å². The molecule has 1 aliphatic rings. The SMILES string of the molecule is COC(=O)C(C)(C)CN1CCCCC1C. The molecule has 1 atom stereocenters. The molecule has 3 nitrogen and oxygen atoms in total. The van der Waals surface area contributed by atoms with Crippen molar-refractivity contribution >= 4 is 5.97 Å². The van der Waals surface area contributed by atoms with E-state index < -0.39 is 0 Å². The van der Waals surface area contributed by atoms with Crippen LogP contribution in [0.2, 0.25) is 0 Å². The molecule has 0 bridgehead atoms. The number of carbonyl (C=O) groups is 1. The van der Waals surface area contributed by atoms with E-state index in [0.717, 1.165) is 13.1 Å². The molecule has 1 rings (SSSR count). The second-order valence-electron chi connectivity index (χ2n) is 5.19. The zero-order chi connectivity index (χ0) is 11.5. The highest BCUT2D eigenvalue weighted by Crippen LogP contribution is 2.24. The fourth-order valence-electron chi connectivity index (χ4n) is 2.24. The summed E-state index contributed by atoms with van der Waals surface area (Å²) < 4.78 is 4.83. The number of hydrogen-bond donors (Lipinski definition) is 0. The Balaban J connectivity index is 2.55. The molecule has 0 amide bonds. The third kappa shape index (κ3) is 3.20. The number of nitrogens with zero attached hydrogens (tertiary/aromatic N) is 1. The standard InChI is InChI=1S/C12H23NO2/c1-10-7-5-6-8-13(10)9-12(2,3)11(14)15-4/h10H,5-9H2,1-4H3. The molecule has 3 heteroatoms. The van der Waals surface area contributed by atoms with Crippen molar-refractivity contribution in [3.05, 3.63) is 0 Å². The van der Waals surface area contributed by atoms with Gasteiger partial charge in [-0.05, 0) is 40.2 Å². The maximum absolute atomic E-state index is 11.6. The van der Waals surface area contributed by atoms with Crippen molar-refractivity contribution in [3.63, 3.8) is 0 Å². The number of likely N-dealkylation sites (tertiary alicyclic amines) is 1. The van der Waals surface area contributed by atoms with E-state index in [1.165, 1.54) is 26.4 Å². The molecule has 0 spiro atoms. The number of hydrogen-bond acceptors (Lipinski definition) is 3. The number of esters is 1. The Hall–Kier alpha value is -0.570. The van der Waals surface area contributed by atoms with Gasteiger partial charge < -0.3 is 4.74 Å². The Labute approximate surface area is 92.8 Å². The Kier molecular flexibility index (Phi) is 4.14. The first kappa shape index (κ1) is 12.5. The van der Waals surface area contributed by atoms with E-state index >= 15 is 0 Å². The van der Waals surface area contributed by atoms with Crippen LogP contribution in [0.25, 0.3) is 0 Å². The summed E-state index contributed by atoms with van der Waals surface area (Å²) in [5.74, 6) is -0.111. The summed E-state index contributed by atoms with van der Waals surface area (Å²) in [5, 5.41) is 0. The van der Waals surface area contributed by atoms with E-state index in [1.54, 1.807) is 0 Å². The highest BCUT2D eigenvalue weighted by atomic mass is 16.5. The van der Waals surface area contributed by atoms with Crippen LogP contribution in [0, 0.1) is 5.41 Å². The quantitative estimate of drug-likeness (QED) is 0.672. The van der Waals surface area contributed by atoms with E-state index in [0.29, 0.717) is 6.04 Å². The lowest BCUT2D eigenvalue weighted by molar-refractivity contribution is -0.152. The minimum absolute atomic E-state index is 0.111. The van der Waals surface area contributed by atoms with Gasteiger partial charge in [-0.2, -0.15) is 0 Å². The molecule has 15 heavy (non-hydrogen) atoms. The average Bonchev–Trinajstić information content (AvgIpc) is 2.20. The summed E-state index contributed by atoms with van der Waals surface area (Å²) in [5.41, 5.74) is -0.389. The average molecular weight is 213 g/mol. The van der Waals surface area contributed by atoms with Crippen LogP contribution < -0.4 is 0 Å². The van der Waals surface area contributed by atoms with Crippen LogP contribution in [0.15, 0.2) is 0 Å². The van der Waals surface area contributed by atoms with E-state index in [4.69, 9.17) is 4.74 Å². The zero-order valence-electron chi connectivity index (χ0n) is 10.4. The molecule has 1 heterocycles. The molecular formula is C12H23NO2. The van der Waals surface area contributed by atoms with Crippen molar-refractivity contribution < 1.29 is 9.53 Å². The fourth-order valence-corrected chi connectivity index (χ4v) is 2.24. The molecule has 0 aromatic carbocycles. The van der Waals surface area contributed by atoms with Crippen LogP contribution in [-0.2, 0) is 9.53 Å². The van der Waals surface area contributed by atoms with Gasteiger partial charge in [-0.25, -0.2) is 0 Å². The lowest BCUT2D eigenvalue weighted by atomic mass is 9.90. The van der Waals surface area contributed by atoms with E-state index in [2.05, 4.69) is 11.8 Å². The Morgan fingerprint density at radius 3 is 2.67 bits per heavy atom. The molecule has 0 radical (unpaired) electrons. The van der Waals surface area contributed by atoms with E-state index in [9.17, 15) is 4.79 Å². The van der Waals surface area contributed by atoms with Crippen LogP contribution in [-0.4, -0.2) is 37.1 Å². The minimum Gasteiger partial charge on any atom is -0.469 e. The second-order valence-corrected chi connectivity index (χ2v) is 5.19. The Morgan fingerprint density at radius 2 is 2.13 bits per heavy atom. The molecule has 1 unspecified atom stereocenters. The summed E-state index contributed by atoms with van der Waals surface area (Å²) >= 11 is 0. The number of methoxy groups -OCH3 is 1. The topological polar surface area (TPSA) is 29.5 Å². The summed E-state index contributed by atoms with van der Waals surface area (Å²) in [6.07, 6.45) is 3.81. The summed E-state index contributed by atoms with van der Waals surface area (Å²) in [6.45, 7) is 8.08. The van der Waals surface area contributed by atoms with Crippen molar-refractivity contribution in [2.45, 2.75) is 46.1 Å². The third-order valence-corrected chi connectivity index (χ3v) is 3.28. The summed E-state index contributed by atoms with van der Waals surface area (Å²) in [7, 11) is 1.46. The van der Waals surface area contributed by atoms with Gasteiger partial charge in [-0.1, -0.05) is 6.42 Å². The normalized spacial score (nSPS) is 23.9. The van der Waals surface area contributed by atoms with Crippen molar-refractivity contribution in [2.75, 3.05) is 20.2 Å². The Morgan fingerprint density at radius 1 is 1.47 bits per heavy atom. The largest absolute Gasteiger partial charge is 0.469 e. The van der Waals surface area contributed by atoms with Crippen LogP contribution in [0.3, 0.4) is 0 Å². The molecule has 0 aromatic heterocycles. The number of carbonyl (C=O) groups excluding carboxylic acids is 1. The minimum atomic E-state index is -0.389. The molecule has 88 valence electrons. The van der Waals surface area contributed by atoms with Gasteiger partial charge in [0.25, 0.3) is 0 Å². The molecule has 0 aromatic rings. The van der Waals surface area contributed by atoms with Crippen LogP contribution >= 0.6 is 0 Å². The lowest BCUT2D eigenvalue weighted by Crippen LogP contribution is -2.46. The number of rotatable bonds is 3. The predicted octanol–water partition coefficient (Wildman–Crippen LogP) is 2.06. The maximum atomic E-state index is 11.6. The molecular weight excluding hydrogens is 190 g/mol. The molecule has 0 N–H and O–H groups in total. The highest BCUT2D eigenvalue weighted by molar-refractivity contribution is 5.76. The first-order valence-corrected chi connectivity index (χ1v) is 5.80. The summed E-state index contributed by atoms with van der Waals surface area (Å²) in [4.78, 5) is 14.0. The van der Waals surface area contributed by atoms with Gasteiger partial charge in [-0.3, -0.25) is 9.69 Å². The van der Waals surface area contributed by atoms with Crippen LogP contribution in [0.5, 0.6) is 0 Å². The van der Waals surface area contributed by atoms with Crippen molar-refractivity contribution in [1.82, 2.24) is 4.90 Å². The van der Waals surface area contributed by atoms with Gasteiger partial charge >= 0.3 is 5.97 Å².